The van der Waals surface area contributed by atoms with Gasteiger partial charge in [-0.15, -0.1) is 0 Å². The predicted octanol–water partition coefficient (Wildman–Crippen LogP) is 3.48. The highest BCUT2D eigenvalue weighted by molar-refractivity contribution is 8.01. The van der Waals surface area contributed by atoms with E-state index in [0.717, 1.165) is 8.29 Å². The number of H-pyrrole nitrogens is 1. The second-order valence-corrected chi connectivity index (χ2v) is 5.65. The molecule has 0 aliphatic rings. The fraction of sp³-hybridized carbons (Fsp3) is 0.714. The molecule has 0 spiro atoms. The van der Waals surface area contributed by atoms with E-state index in [2.05, 4.69) is 24.0 Å². The zero-order valence-electron chi connectivity index (χ0n) is 7.16. The van der Waals surface area contributed by atoms with E-state index >= 15 is 0 Å². The first kappa shape index (κ1) is 10.2. The van der Waals surface area contributed by atoms with Gasteiger partial charge >= 0.3 is 0 Å². The number of hydrogen-bond donors (Lipinski definition) is 1. The Hall–Kier alpha value is 0.130. The van der Waals surface area contributed by atoms with Gasteiger partial charge in [0, 0.05) is 5.25 Å². The van der Waals surface area contributed by atoms with Gasteiger partial charge in [-0.25, -0.2) is 0 Å². The van der Waals surface area contributed by atoms with E-state index in [0.29, 0.717) is 5.25 Å². The lowest BCUT2D eigenvalue weighted by atomic mass is 10.3. The van der Waals surface area contributed by atoms with Gasteiger partial charge in [-0.1, -0.05) is 36.9 Å². The highest BCUT2D eigenvalue weighted by atomic mass is 32.2. The molecule has 5 heteroatoms. The van der Waals surface area contributed by atoms with Crippen LogP contribution >= 0.6 is 35.3 Å². The first-order valence-electron chi connectivity index (χ1n) is 3.98. The molecule has 2 nitrogen and oxygen atoms in total. The Morgan fingerprint density at radius 2 is 2.25 bits per heavy atom. The number of aromatic nitrogens is 2. The minimum atomic E-state index is 0.680. The summed E-state index contributed by atoms with van der Waals surface area (Å²) in [6.07, 6.45) is 2.38. The molecule has 0 fully saturated rings. The van der Waals surface area contributed by atoms with Crippen LogP contribution in [-0.4, -0.2) is 15.4 Å². The summed E-state index contributed by atoms with van der Waals surface area (Å²) in [5.41, 5.74) is 0. The van der Waals surface area contributed by atoms with Gasteiger partial charge in [-0.2, -0.15) is 5.10 Å². The molecule has 12 heavy (non-hydrogen) atoms. The number of nitrogens with one attached hydrogen (secondary N) is 1. The van der Waals surface area contributed by atoms with Crippen molar-refractivity contribution in [3.05, 3.63) is 3.95 Å². The quantitative estimate of drug-likeness (QED) is 0.622. The van der Waals surface area contributed by atoms with Crippen molar-refractivity contribution in [2.45, 2.75) is 36.3 Å². The second kappa shape index (κ2) is 4.99. The Kier molecular flexibility index (Phi) is 4.25. The van der Waals surface area contributed by atoms with Crippen LogP contribution in [0.5, 0.6) is 0 Å². The molecule has 0 aromatic carbocycles. The van der Waals surface area contributed by atoms with Gasteiger partial charge in [0.15, 0.2) is 8.29 Å². The lowest BCUT2D eigenvalue weighted by Gasteiger charge is -2.07. The average molecular weight is 220 g/mol. The van der Waals surface area contributed by atoms with Gasteiger partial charge in [0.2, 0.25) is 0 Å². The third-order valence-electron chi connectivity index (χ3n) is 1.60. The standard InChI is InChI=1S/C7H12N2S3/c1-3-5(4-2)11-7-9-8-6(10)12-7/h5H,3-4H2,1-2H3,(H,8,10). The van der Waals surface area contributed by atoms with Crippen molar-refractivity contribution >= 4 is 35.3 Å². The van der Waals surface area contributed by atoms with E-state index in [-0.39, 0.29) is 0 Å². The van der Waals surface area contributed by atoms with Crippen LogP contribution in [0.4, 0.5) is 0 Å². The van der Waals surface area contributed by atoms with Crippen molar-refractivity contribution < 1.29 is 0 Å². The molecule has 68 valence electrons. The first-order valence-corrected chi connectivity index (χ1v) is 6.08. The zero-order valence-corrected chi connectivity index (χ0v) is 9.61. The van der Waals surface area contributed by atoms with E-state index in [1.54, 1.807) is 11.3 Å². The molecular weight excluding hydrogens is 208 g/mol. The van der Waals surface area contributed by atoms with Crippen LogP contribution in [0.1, 0.15) is 26.7 Å². The number of thioether (sulfide) groups is 1. The summed E-state index contributed by atoms with van der Waals surface area (Å²) >= 11 is 8.32. The van der Waals surface area contributed by atoms with Crippen molar-refractivity contribution in [2.75, 3.05) is 0 Å². The normalized spacial score (nSPS) is 10.9. The van der Waals surface area contributed by atoms with Crippen LogP contribution in [0.15, 0.2) is 4.34 Å². The third kappa shape index (κ3) is 2.88. The van der Waals surface area contributed by atoms with Crippen LogP contribution in [0, 0.1) is 3.95 Å². The van der Waals surface area contributed by atoms with Crippen LogP contribution in [-0.2, 0) is 0 Å². The Bertz CT molecular complexity index is 274. The third-order valence-corrected chi connectivity index (χ3v) is 4.31. The molecule has 0 radical (unpaired) electrons. The van der Waals surface area contributed by atoms with Gasteiger partial charge in [0.1, 0.15) is 0 Å². The molecule has 1 heterocycles. The van der Waals surface area contributed by atoms with Crippen molar-refractivity contribution in [3.8, 4) is 0 Å². The van der Waals surface area contributed by atoms with E-state index in [4.69, 9.17) is 12.2 Å². The largest absolute Gasteiger partial charge is 0.257 e. The molecule has 0 bridgehead atoms. The highest BCUT2D eigenvalue weighted by Gasteiger charge is 2.07. The Morgan fingerprint density at radius 1 is 1.58 bits per heavy atom. The van der Waals surface area contributed by atoms with Crippen LogP contribution in [0.25, 0.3) is 0 Å². The van der Waals surface area contributed by atoms with Gasteiger partial charge in [0.05, 0.1) is 0 Å². The lowest BCUT2D eigenvalue weighted by Crippen LogP contribution is -1.96. The molecule has 1 aromatic rings. The molecule has 0 saturated heterocycles. The van der Waals surface area contributed by atoms with Crippen molar-refractivity contribution in [1.29, 1.82) is 0 Å². The Labute approximate surface area is 85.8 Å². The summed E-state index contributed by atoms with van der Waals surface area (Å²) in [4.78, 5) is 0. The van der Waals surface area contributed by atoms with Crippen molar-refractivity contribution in [3.63, 3.8) is 0 Å². The van der Waals surface area contributed by atoms with E-state index in [9.17, 15) is 0 Å². The average Bonchev–Trinajstić information content (AvgIpc) is 2.47. The van der Waals surface area contributed by atoms with Crippen molar-refractivity contribution in [2.24, 2.45) is 0 Å². The first-order chi connectivity index (χ1) is 5.76. The monoisotopic (exact) mass is 220 g/mol. The smallest absolute Gasteiger partial charge is 0.177 e. The topological polar surface area (TPSA) is 28.7 Å². The maximum Gasteiger partial charge on any atom is 0.177 e. The Morgan fingerprint density at radius 3 is 2.67 bits per heavy atom. The van der Waals surface area contributed by atoms with Gasteiger partial charge < -0.3 is 0 Å². The number of hydrogen-bond acceptors (Lipinski definition) is 4. The van der Waals surface area contributed by atoms with E-state index < -0.39 is 0 Å². The maximum atomic E-state index is 4.95. The van der Waals surface area contributed by atoms with Crippen LogP contribution < -0.4 is 0 Å². The van der Waals surface area contributed by atoms with Crippen LogP contribution in [0.3, 0.4) is 0 Å². The van der Waals surface area contributed by atoms with Crippen molar-refractivity contribution in [1.82, 2.24) is 10.2 Å². The molecule has 1 N–H and O–H groups in total. The molecule has 0 atom stereocenters. The Balaban J connectivity index is 2.56. The lowest BCUT2D eigenvalue weighted by molar-refractivity contribution is 0.790. The van der Waals surface area contributed by atoms with E-state index in [1.807, 2.05) is 11.8 Å². The summed E-state index contributed by atoms with van der Waals surface area (Å²) in [5, 5.41) is 7.57. The highest BCUT2D eigenvalue weighted by Crippen LogP contribution is 2.28. The summed E-state index contributed by atoms with van der Waals surface area (Å²) < 4.78 is 1.83. The van der Waals surface area contributed by atoms with Gasteiger partial charge in [0.25, 0.3) is 0 Å². The minimum absolute atomic E-state index is 0.680. The molecule has 0 aliphatic carbocycles. The molecular formula is C7H12N2S3. The number of nitrogens with zero attached hydrogens (tertiary/aromatic N) is 1. The second-order valence-electron chi connectivity index (χ2n) is 2.44. The summed E-state index contributed by atoms with van der Waals surface area (Å²) in [7, 11) is 0. The zero-order chi connectivity index (χ0) is 8.97. The number of rotatable bonds is 4. The summed E-state index contributed by atoms with van der Waals surface area (Å²) in [6, 6.07) is 0. The van der Waals surface area contributed by atoms with E-state index in [1.165, 1.54) is 12.8 Å². The molecule has 0 unspecified atom stereocenters. The van der Waals surface area contributed by atoms with Gasteiger partial charge in [-0.05, 0) is 25.1 Å². The molecule has 1 aromatic heterocycles. The molecule has 0 saturated carbocycles. The maximum absolute atomic E-state index is 4.95. The SMILES string of the molecule is CCC(CC)Sc1n[nH]c(=S)s1. The molecule has 1 rings (SSSR count). The van der Waals surface area contributed by atoms with Crippen LogP contribution in [0.2, 0.25) is 0 Å². The molecule has 0 aliphatic heterocycles. The fourth-order valence-corrected chi connectivity index (χ4v) is 3.21. The minimum Gasteiger partial charge on any atom is -0.257 e. The summed E-state index contributed by atoms with van der Waals surface area (Å²) in [6.45, 7) is 4.40. The molecule has 0 amide bonds. The fourth-order valence-electron chi connectivity index (χ4n) is 0.865. The number of aromatic amines is 1. The summed E-state index contributed by atoms with van der Waals surface area (Å²) in [5.74, 6) is 0. The predicted molar refractivity (Wildman–Crippen MR) is 57.5 cm³/mol. The van der Waals surface area contributed by atoms with Gasteiger partial charge in [-0.3, -0.25) is 5.10 Å².